The molecule has 1 amide bonds. The average Bonchev–Trinajstić information content (AvgIpc) is 2.76. The standard InChI is InChI=1S/C16H25N3O2/c1-21-15-7-6-13(17)12-14(15)16(20)18-8-11-19-9-4-2-3-5-10-19/h6-7,12H,2-5,8-11,17H2,1H3,(H,18,20). The molecule has 3 N–H and O–H groups in total. The fraction of sp³-hybridized carbons (Fsp3) is 0.562. The number of methoxy groups -OCH3 is 1. The van der Waals surface area contributed by atoms with Gasteiger partial charge in [-0.25, -0.2) is 0 Å². The molecule has 0 aromatic heterocycles. The van der Waals surface area contributed by atoms with Gasteiger partial charge < -0.3 is 20.7 Å². The van der Waals surface area contributed by atoms with Crippen molar-refractivity contribution in [1.29, 1.82) is 0 Å². The molecule has 116 valence electrons. The third-order valence-corrected chi connectivity index (χ3v) is 3.88. The highest BCUT2D eigenvalue weighted by Gasteiger charge is 2.13. The Morgan fingerprint density at radius 3 is 2.67 bits per heavy atom. The predicted molar refractivity (Wildman–Crippen MR) is 84.6 cm³/mol. The lowest BCUT2D eigenvalue weighted by atomic mass is 10.1. The van der Waals surface area contributed by atoms with E-state index in [0.717, 1.165) is 19.6 Å². The number of ether oxygens (including phenoxy) is 1. The first-order chi connectivity index (χ1) is 10.2. The molecule has 5 heteroatoms. The SMILES string of the molecule is COc1ccc(N)cc1C(=O)NCCN1CCCCCC1. The van der Waals surface area contributed by atoms with Crippen LogP contribution in [-0.4, -0.2) is 44.1 Å². The molecule has 0 atom stereocenters. The first kappa shape index (κ1) is 15.6. The highest BCUT2D eigenvalue weighted by atomic mass is 16.5. The molecule has 5 nitrogen and oxygen atoms in total. The summed E-state index contributed by atoms with van der Waals surface area (Å²) in [4.78, 5) is 14.6. The minimum absolute atomic E-state index is 0.131. The second-order valence-electron chi connectivity index (χ2n) is 5.47. The van der Waals surface area contributed by atoms with Crippen molar-refractivity contribution in [3.05, 3.63) is 23.8 Å². The van der Waals surface area contributed by atoms with Gasteiger partial charge in [0.15, 0.2) is 0 Å². The van der Waals surface area contributed by atoms with E-state index in [2.05, 4.69) is 10.2 Å². The van der Waals surface area contributed by atoms with E-state index in [-0.39, 0.29) is 5.91 Å². The van der Waals surface area contributed by atoms with E-state index in [1.54, 1.807) is 25.3 Å². The van der Waals surface area contributed by atoms with Gasteiger partial charge in [0.05, 0.1) is 12.7 Å². The van der Waals surface area contributed by atoms with Gasteiger partial charge in [0.1, 0.15) is 5.75 Å². The van der Waals surface area contributed by atoms with Gasteiger partial charge in [0.2, 0.25) is 0 Å². The molecule has 2 rings (SSSR count). The van der Waals surface area contributed by atoms with Crippen molar-refractivity contribution in [1.82, 2.24) is 10.2 Å². The summed E-state index contributed by atoms with van der Waals surface area (Å²) in [5.41, 5.74) is 6.80. The van der Waals surface area contributed by atoms with Crippen LogP contribution in [0.5, 0.6) is 5.75 Å². The number of carbonyl (C=O) groups is 1. The van der Waals surface area contributed by atoms with Gasteiger partial charge in [0.25, 0.3) is 5.91 Å². The first-order valence-electron chi connectivity index (χ1n) is 7.65. The number of amides is 1. The molecule has 21 heavy (non-hydrogen) atoms. The van der Waals surface area contributed by atoms with Crippen molar-refractivity contribution < 1.29 is 9.53 Å². The first-order valence-corrected chi connectivity index (χ1v) is 7.65. The van der Waals surface area contributed by atoms with E-state index in [9.17, 15) is 4.79 Å². The van der Waals surface area contributed by atoms with Crippen molar-refractivity contribution in [2.75, 3.05) is 39.0 Å². The van der Waals surface area contributed by atoms with Crippen LogP contribution in [0.2, 0.25) is 0 Å². The van der Waals surface area contributed by atoms with E-state index in [4.69, 9.17) is 10.5 Å². The van der Waals surface area contributed by atoms with Crippen molar-refractivity contribution in [2.45, 2.75) is 25.7 Å². The summed E-state index contributed by atoms with van der Waals surface area (Å²) in [5.74, 6) is 0.422. The molecule has 0 saturated carbocycles. The monoisotopic (exact) mass is 291 g/mol. The number of nitrogen functional groups attached to an aromatic ring is 1. The summed E-state index contributed by atoms with van der Waals surface area (Å²) in [6.45, 7) is 3.82. The lowest BCUT2D eigenvalue weighted by Crippen LogP contribution is -2.35. The number of nitrogens with two attached hydrogens (primary N) is 1. The maximum absolute atomic E-state index is 12.2. The summed E-state index contributed by atoms with van der Waals surface area (Å²) in [5, 5.41) is 2.95. The topological polar surface area (TPSA) is 67.6 Å². The molecule has 0 unspecified atom stereocenters. The Morgan fingerprint density at radius 1 is 1.29 bits per heavy atom. The van der Waals surface area contributed by atoms with Crippen molar-refractivity contribution in [2.24, 2.45) is 0 Å². The number of hydrogen-bond donors (Lipinski definition) is 2. The lowest BCUT2D eigenvalue weighted by Gasteiger charge is -2.20. The number of anilines is 1. The fourth-order valence-corrected chi connectivity index (χ4v) is 2.69. The largest absolute Gasteiger partial charge is 0.496 e. The molecule has 1 aliphatic heterocycles. The van der Waals surface area contributed by atoms with Gasteiger partial charge in [-0.15, -0.1) is 0 Å². The zero-order valence-corrected chi connectivity index (χ0v) is 12.7. The number of nitrogens with one attached hydrogen (secondary N) is 1. The second-order valence-corrected chi connectivity index (χ2v) is 5.47. The summed E-state index contributed by atoms with van der Waals surface area (Å²) in [6.07, 6.45) is 5.17. The molecule has 1 aromatic rings. The predicted octanol–water partition coefficient (Wildman–Crippen LogP) is 1.88. The molecule has 1 heterocycles. The van der Waals surface area contributed by atoms with E-state index in [1.165, 1.54) is 25.7 Å². The molecule has 0 spiro atoms. The number of hydrogen-bond acceptors (Lipinski definition) is 4. The van der Waals surface area contributed by atoms with Gasteiger partial charge in [-0.05, 0) is 44.1 Å². The summed E-state index contributed by atoms with van der Waals surface area (Å²) < 4.78 is 5.21. The van der Waals surface area contributed by atoms with Gasteiger partial charge in [-0.2, -0.15) is 0 Å². The van der Waals surface area contributed by atoms with Crippen LogP contribution in [-0.2, 0) is 0 Å². The van der Waals surface area contributed by atoms with E-state index >= 15 is 0 Å². The highest BCUT2D eigenvalue weighted by molar-refractivity contribution is 5.97. The Labute approximate surface area is 126 Å². The number of nitrogens with zero attached hydrogens (tertiary/aromatic N) is 1. The Morgan fingerprint density at radius 2 is 2.00 bits per heavy atom. The van der Waals surface area contributed by atoms with E-state index < -0.39 is 0 Å². The number of carbonyl (C=O) groups excluding carboxylic acids is 1. The molecule has 0 bridgehead atoms. The normalized spacial score (nSPS) is 16.2. The van der Waals surface area contributed by atoms with Crippen LogP contribution in [0.1, 0.15) is 36.0 Å². The fourth-order valence-electron chi connectivity index (χ4n) is 2.69. The zero-order chi connectivity index (χ0) is 15.1. The maximum atomic E-state index is 12.2. The number of benzene rings is 1. The Balaban J connectivity index is 1.85. The van der Waals surface area contributed by atoms with E-state index in [1.807, 2.05) is 0 Å². The van der Waals surface area contributed by atoms with Crippen LogP contribution in [0.4, 0.5) is 5.69 Å². The molecule has 1 aromatic carbocycles. The molecule has 1 fully saturated rings. The molecular weight excluding hydrogens is 266 g/mol. The van der Waals surface area contributed by atoms with Crippen LogP contribution in [0.25, 0.3) is 0 Å². The van der Waals surface area contributed by atoms with Crippen LogP contribution in [0, 0.1) is 0 Å². The minimum Gasteiger partial charge on any atom is -0.496 e. The quantitative estimate of drug-likeness (QED) is 0.813. The van der Waals surface area contributed by atoms with Gasteiger partial charge >= 0.3 is 0 Å². The highest BCUT2D eigenvalue weighted by Crippen LogP contribution is 2.20. The van der Waals surface area contributed by atoms with Crippen molar-refractivity contribution in [3.63, 3.8) is 0 Å². The second kappa shape index (κ2) is 7.88. The van der Waals surface area contributed by atoms with Crippen LogP contribution in [0.15, 0.2) is 18.2 Å². The number of likely N-dealkylation sites (tertiary alicyclic amines) is 1. The molecular formula is C16H25N3O2. The molecule has 0 aliphatic carbocycles. The summed E-state index contributed by atoms with van der Waals surface area (Å²) >= 11 is 0. The lowest BCUT2D eigenvalue weighted by molar-refractivity contribution is 0.0945. The molecule has 0 radical (unpaired) electrons. The molecule has 1 aliphatic rings. The summed E-state index contributed by atoms with van der Waals surface area (Å²) in [7, 11) is 1.56. The minimum atomic E-state index is -0.131. The summed E-state index contributed by atoms with van der Waals surface area (Å²) in [6, 6.07) is 5.10. The van der Waals surface area contributed by atoms with Crippen molar-refractivity contribution >= 4 is 11.6 Å². The third-order valence-electron chi connectivity index (χ3n) is 3.88. The average molecular weight is 291 g/mol. The maximum Gasteiger partial charge on any atom is 0.255 e. The Hall–Kier alpha value is -1.75. The van der Waals surface area contributed by atoms with Gasteiger partial charge in [-0.1, -0.05) is 12.8 Å². The smallest absolute Gasteiger partial charge is 0.255 e. The third kappa shape index (κ3) is 4.63. The Kier molecular flexibility index (Phi) is 5.87. The van der Waals surface area contributed by atoms with Crippen LogP contribution in [0.3, 0.4) is 0 Å². The van der Waals surface area contributed by atoms with Gasteiger partial charge in [0, 0.05) is 18.8 Å². The van der Waals surface area contributed by atoms with E-state index in [0.29, 0.717) is 23.5 Å². The van der Waals surface area contributed by atoms with Crippen molar-refractivity contribution in [3.8, 4) is 5.75 Å². The van der Waals surface area contributed by atoms with Crippen LogP contribution < -0.4 is 15.8 Å². The van der Waals surface area contributed by atoms with Gasteiger partial charge in [-0.3, -0.25) is 4.79 Å². The Bertz CT molecular complexity index is 469. The molecule has 1 saturated heterocycles. The number of rotatable bonds is 5. The zero-order valence-electron chi connectivity index (χ0n) is 12.7. The van der Waals surface area contributed by atoms with Crippen LogP contribution >= 0.6 is 0 Å².